The summed E-state index contributed by atoms with van der Waals surface area (Å²) in [4.78, 5) is 27.3. The largest absolute Gasteiger partial charge is 0.444 e. The molecule has 1 fully saturated rings. The molecule has 0 radical (unpaired) electrons. The smallest absolute Gasteiger partial charge is 0.410 e. The molecule has 0 spiro atoms. The summed E-state index contributed by atoms with van der Waals surface area (Å²) in [5.41, 5.74) is -0.632. The number of ether oxygens (including phenoxy) is 1. The summed E-state index contributed by atoms with van der Waals surface area (Å²) < 4.78 is 19.7. The topological polar surface area (TPSA) is 49.9 Å². The van der Waals surface area contributed by atoms with E-state index in [4.69, 9.17) is 16.3 Å². The van der Waals surface area contributed by atoms with Crippen LogP contribution in [0.4, 0.5) is 9.18 Å². The summed E-state index contributed by atoms with van der Waals surface area (Å²) in [6, 6.07) is 2.28. The lowest BCUT2D eigenvalue weighted by molar-refractivity contribution is -0.00915. The van der Waals surface area contributed by atoms with Crippen LogP contribution in [0.15, 0.2) is 16.6 Å². The van der Waals surface area contributed by atoms with Gasteiger partial charge >= 0.3 is 6.09 Å². The monoisotopic (exact) mass is 420 g/mol. The third-order valence-electron chi connectivity index (χ3n) is 3.62. The van der Waals surface area contributed by atoms with E-state index in [0.717, 1.165) is 6.07 Å². The minimum Gasteiger partial charge on any atom is -0.444 e. The quantitative estimate of drug-likeness (QED) is 0.680. The predicted octanol–water partition coefficient (Wildman–Crippen LogP) is 3.93. The fraction of sp³-hybridized carbons (Fsp3) is 0.500. The first-order chi connectivity index (χ1) is 11.0. The molecule has 132 valence electrons. The predicted molar refractivity (Wildman–Crippen MR) is 92.8 cm³/mol. The maximum atomic E-state index is 14.0. The molecule has 8 heteroatoms. The van der Waals surface area contributed by atoms with Crippen LogP contribution in [0.2, 0.25) is 5.02 Å². The van der Waals surface area contributed by atoms with E-state index in [2.05, 4.69) is 15.9 Å². The van der Waals surface area contributed by atoms with Crippen molar-refractivity contribution in [3.63, 3.8) is 0 Å². The zero-order chi connectivity index (χ0) is 18.2. The van der Waals surface area contributed by atoms with E-state index in [-0.39, 0.29) is 16.6 Å². The minimum atomic E-state index is -0.677. The first-order valence-electron chi connectivity index (χ1n) is 7.39. The summed E-state index contributed by atoms with van der Waals surface area (Å²) in [6.07, 6.45) is -0.417. The van der Waals surface area contributed by atoms with Crippen LogP contribution >= 0.6 is 27.5 Å². The zero-order valence-corrected chi connectivity index (χ0v) is 16.2. The molecule has 0 aliphatic carbocycles. The fourth-order valence-corrected chi connectivity index (χ4v) is 2.71. The van der Waals surface area contributed by atoms with E-state index in [1.54, 1.807) is 27.8 Å². The summed E-state index contributed by atoms with van der Waals surface area (Å²) in [5, 5.41) is 0.200. The van der Waals surface area contributed by atoms with Crippen molar-refractivity contribution in [3.05, 3.63) is 33.0 Å². The highest BCUT2D eigenvalue weighted by molar-refractivity contribution is 9.10. The first-order valence-corrected chi connectivity index (χ1v) is 8.56. The minimum absolute atomic E-state index is 0.0653. The molecule has 1 aliphatic heterocycles. The number of hydrogen-bond acceptors (Lipinski definition) is 3. The van der Waals surface area contributed by atoms with Crippen LogP contribution < -0.4 is 0 Å². The molecule has 1 aromatic rings. The van der Waals surface area contributed by atoms with E-state index >= 15 is 0 Å². The van der Waals surface area contributed by atoms with Gasteiger partial charge in [-0.05, 0) is 48.8 Å². The Hall–Kier alpha value is -1.34. The Balaban J connectivity index is 1.99. The van der Waals surface area contributed by atoms with Crippen LogP contribution in [-0.2, 0) is 4.74 Å². The molecule has 1 aromatic carbocycles. The number of likely N-dealkylation sites (N-methyl/N-ethyl adjacent to an activating group) is 1. The Morgan fingerprint density at radius 3 is 2.50 bits per heavy atom. The molecule has 0 bridgehead atoms. The number of carbonyl (C=O) groups is 2. The Kier molecular flexibility index (Phi) is 5.44. The second-order valence-corrected chi connectivity index (χ2v) is 7.96. The average molecular weight is 422 g/mol. The molecule has 1 saturated heterocycles. The molecule has 1 heterocycles. The number of carbonyl (C=O) groups excluding carboxylic acids is 2. The van der Waals surface area contributed by atoms with Crippen molar-refractivity contribution in [1.82, 2.24) is 9.80 Å². The zero-order valence-electron chi connectivity index (χ0n) is 13.9. The summed E-state index contributed by atoms with van der Waals surface area (Å²) >= 11 is 8.99. The molecule has 0 saturated carbocycles. The van der Waals surface area contributed by atoms with Crippen molar-refractivity contribution < 1.29 is 18.7 Å². The number of benzene rings is 1. The Morgan fingerprint density at radius 2 is 1.96 bits per heavy atom. The fourth-order valence-electron chi connectivity index (χ4n) is 2.22. The van der Waals surface area contributed by atoms with Gasteiger partial charge in [0.25, 0.3) is 5.91 Å². The number of hydrogen-bond donors (Lipinski definition) is 0. The van der Waals surface area contributed by atoms with E-state index < -0.39 is 23.4 Å². The second-order valence-electron chi connectivity index (χ2n) is 6.70. The Bertz CT molecular complexity index is 672. The van der Waals surface area contributed by atoms with Gasteiger partial charge in [-0.25, -0.2) is 9.18 Å². The van der Waals surface area contributed by atoms with Gasteiger partial charge in [0.15, 0.2) is 0 Å². The lowest BCUT2D eigenvalue weighted by Crippen LogP contribution is -2.61. The molecular weight excluding hydrogens is 403 g/mol. The summed E-state index contributed by atoms with van der Waals surface area (Å²) in [5.74, 6) is -1.14. The standard InChI is InChI=1S/C16H19BrClFN2O3/c1-16(2,3)24-15(23)21-7-9(8-21)20(4)14(22)10-5-11(17)12(18)6-13(10)19/h5-6,9H,7-8H2,1-4H3. The third kappa shape index (κ3) is 4.19. The molecule has 0 N–H and O–H groups in total. The van der Waals surface area contributed by atoms with Crippen LogP contribution in [0.1, 0.15) is 31.1 Å². The van der Waals surface area contributed by atoms with Gasteiger partial charge in [0.1, 0.15) is 11.4 Å². The molecule has 24 heavy (non-hydrogen) atoms. The van der Waals surface area contributed by atoms with Crippen molar-refractivity contribution in [2.24, 2.45) is 0 Å². The van der Waals surface area contributed by atoms with Gasteiger partial charge in [-0.1, -0.05) is 11.6 Å². The van der Waals surface area contributed by atoms with Crippen molar-refractivity contribution in [2.45, 2.75) is 32.4 Å². The van der Waals surface area contributed by atoms with Crippen LogP contribution in [0, 0.1) is 5.82 Å². The van der Waals surface area contributed by atoms with E-state index in [9.17, 15) is 14.0 Å². The summed E-state index contributed by atoms with van der Waals surface area (Å²) in [6.45, 7) is 6.08. The van der Waals surface area contributed by atoms with Gasteiger partial charge in [0.05, 0.1) is 16.6 Å². The normalized spacial score (nSPS) is 15.0. The first kappa shape index (κ1) is 19.0. The van der Waals surface area contributed by atoms with Gasteiger partial charge in [0, 0.05) is 24.6 Å². The van der Waals surface area contributed by atoms with E-state index in [1.165, 1.54) is 15.9 Å². The van der Waals surface area contributed by atoms with E-state index in [0.29, 0.717) is 17.6 Å². The number of likely N-dealkylation sites (tertiary alicyclic amines) is 1. The van der Waals surface area contributed by atoms with Crippen LogP contribution in [0.5, 0.6) is 0 Å². The van der Waals surface area contributed by atoms with Gasteiger partial charge in [-0.3, -0.25) is 4.79 Å². The highest BCUT2D eigenvalue weighted by atomic mass is 79.9. The van der Waals surface area contributed by atoms with Gasteiger partial charge in [0.2, 0.25) is 0 Å². The molecule has 0 atom stereocenters. The third-order valence-corrected chi connectivity index (χ3v) is 4.82. The highest BCUT2D eigenvalue weighted by Gasteiger charge is 2.38. The molecule has 2 amide bonds. The Labute approximate surface area is 153 Å². The van der Waals surface area contributed by atoms with Crippen molar-refractivity contribution in [1.29, 1.82) is 0 Å². The maximum absolute atomic E-state index is 14.0. The van der Waals surface area contributed by atoms with Gasteiger partial charge in [-0.2, -0.15) is 0 Å². The second kappa shape index (κ2) is 6.88. The molecule has 0 aromatic heterocycles. The number of halogens is 3. The van der Waals surface area contributed by atoms with Crippen LogP contribution in [-0.4, -0.2) is 53.6 Å². The van der Waals surface area contributed by atoms with Crippen LogP contribution in [0.25, 0.3) is 0 Å². The number of rotatable bonds is 2. The summed E-state index contributed by atoms with van der Waals surface area (Å²) in [7, 11) is 1.58. The number of nitrogens with zero attached hydrogens (tertiary/aromatic N) is 2. The Morgan fingerprint density at radius 1 is 1.38 bits per heavy atom. The molecular formula is C16H19BrClFN2O3. The lowest BCUT2D eigenvalue weighted by atomic mass is 10.1. The van der Waals surface area contributed by atoms with Crippen molar-refractivity contribution in [2.75, 3.05) is 20.1 Å². The van der Waals surface area contributed by atoms with Crippen molar-refractivity contribution in [3.8, 4) is 0 Å². The lowest BCUT2D eigenvalue weighted by Gasteiger charge is -2.43. The van der Waals surface area contributed by atoms with Gasteiger partial charge in [-0.15, -0.1) is 0 Å². The number of amides is 2. The van der Waals surface area contributed by atoms with Gasteiger partial charge < -0.3 is 14.5 Å². The van der Waals surface area contributed by atoms with E-state index in [1.807, 2.05) is 0 Å². The molecule has 5 nitrogen and oxygen atoms in total. The SMILES string of the molecule is CN(C(=O)c1cc(Br)c(Cl)cc1F)C1CN(C(=O)OC(C)(C)C)C1. The molecule has 1 aliphatic rings. The molecule has 0 unspecified atom stereocenters. The maximum Gasteiger partial charge on any atom is 0.410 e. The van der Waals surface area contributed by atoms with Crippen molar-refractivity contribution >= 4 is 39.5 Å². The average Bonchev–Trinajstić information content (AvgIpc) is 2.38. The van der Waals surface area contributed by atoms with Crippen LogP contribution in [0.3, 0.4) is 0 Å². The highest BCUT2D eigenvalue weighted by Crippen LogP contribution is 2.27. The molecule has 2 rings (SSSR count).